The van der Waals surface area contributed by atoms with Gasteiger partial charge in [0.25, 0.3) is 0 Å². The molecule has 8 nitrogen and oxygen atoms in total. The van der Waals surface area contributed by atoms with E-state index in [0.29, 0.717) is 23.4 Å². The summed E-state index contributed by atoms with van der Waals surface area (Å²) >= 11 is 0. The Bertz CT molecular complexity index is 1440. The number of hydrogen-bond donors (Lipinski definition) is 1. The lowest BCUT2D eigenvalue weighted by Crippen LogP contribution is -2.22. The second-order valence-corrected chi connectivity index (χ2v) is 10.1. The Kier molecular flexibility index (Phi) is 5.70. The first-order chi connectivity index (χ1) is 15.2. The van der Waals surface area contributed by atoms with Crippen molar-refractivity contribution in [1.29, 1.82) is 0 Å². The molecule has 0 aliphatic heterocycles. The highest BCUT2D eigenvalue weighted by molar-refractivity contribution is 7.89. The molecule has 4 aromatic rings. The van der Waals surface area contributed by atoms with E-state index in [0.717, 1.165) is 22.1 Å². The van der Waals surface area contributed by atoms with Crippen molar-refractivity contribution in [1.82, 2.24) is 18.8 Å². The van der Waals surface area contributed by atoms with E-state index in [1.54, 1.807) is 18.2 Å². The number of aromatic nitrogens is 3. The number of sulfonamides is 1. The number of aryl methyl sites for hydroxylation is 3. The molecule has 0 saturated carbocycles. The maximum absolute atomic E-state index is 12.6. The summed E-state index contributed by atoms with van der Waals surface area (Å²) in [6.07, 6.45) is 0.659. The standard InChI is InChI=1S/C23H25N5O3S/c1-15-8-9-16-6-5-7-18(23(16)24-15)26-22(29)13-12-21-25-19-14-17(32(30,31)27(2)3)10-11-20(19)28(21)4/h5-11,14H,12-13H2,1-4H3,(H,26,29). The van der Waals surface area contributed by atoms with E-state index < -0.39 is 10.0 Å². The fourth-order valence-electron chi connectivity index (χ4n) is 3.61. The highest BCUT2D eigenvalue weighted by Gasteiger charge is 2.19. The molecule has 2 aromatic carbocycles. The van der Waals surface area contributed by atoms with Crippen molar-refractivity contribution in [2.45, 2.75) is 24.7 Å². The van der Waals surface area contributed by atoms with Gasteiger partial charge in [0, 0.05) is 45.1 Å². The maximum Gasteiger partial charge on any atom is 0.242 e. The zero-order valence-electron chi connectivity index (χ0n) is 18.5. The molecule has 9 heteroatoms. The topological polar surface area (TPSA) is 97.2 Å². The van der Waals surface area contributed by atoms with Gasteiger partial charge in [0.15, 0.2) is 0 Å². The predicted octanol–water partition coefficient (Wildman–Crippen LogP) is 3.25. The molecule has 0 unspecified atom stereocenters. The highest BCUT2D eigenvalue weighted by Crippen LogP contribution is 2.23. The minimum atomic E-state index is -3.54. The van der Waals surface area contributed by atoms with Gasteiger partial charge in [0.05, 0.1) is 27.1 Å². The van der Waals surface area contributed by atoms with Crippen LogP contribution in [0.15, 0.2) is 53.4 Å². The van der Waals surface area contributed by atoms with E-state index >= 15 is 0 Å². The van der Waals surface area contributed by atoms with Crippen molar-refractivity contribution in [2.24, 2.45) is 7.05 Å². The summed E-state index contributed by atoms with van der Waals surface area (Å²) in [5.74, 6) is 0.574. The molecule has 0 bridgehead atoms. The summed E-state index contributed by atoms with van der Waals surface area (Å²) in [5, 5.41) is 3.92. The van der Waals surface area contributed by atoms with E-state index in [1.165, 1.54) is 18.4 Å². The van der Waals surface area contributed by atoms with Gasteiger partial charge in [-0.25, -0.2) is 17.7 Å². The Labute approximate surface area is 186 Å². The Hall–Kier alpha value is -3.30. The average molecular weight is 452 g/mol. The SMILES string of the molecule is Cc1ccc2cccc(NC(=O)CCc3nc4cc(S(=O)(=O)N(C)C)ccc4n3C)c2n1. The average Bonchev–Trinajstić information content (AvgIpc) is 3.07. The highest BCUT2D eigenvalue weighted by atomic mass is 32.2. The summed E-state index contributed by atoms with van der Waals surface area (Å²) in [7, 11) is 1.31. The quantitative estimate of drug-likeness (QED) is 0.485. The predicted molar refractivity (Wildman–Crippen MR) is 125 cm³/mol. The van der Waals surface area contributed by atoms with Crippen molar-refractivity contribution < 1.29 is 13.2 Å². The lowest BCUT2D eigenvalue weighted by molar-refractivity contribution is -0.116. The van der Waals surface area contributed by atoms with Crippen LogP contribution in [0.25, 0.3) is 21.9 Å². The number of rotatable bonds is 6. The van der Waals surface area contributed by atoms with Crippen LogP contribution in [0.4, 0.5) is 5.69 Å². The van der Waals surface area contributed by atoms with Crippen LogP contribution < -0.4 is 5.32 Å². The van der Waals surface area contributed by atoms with E-state index in [9.17, 15) is 13.2 Å². The van der Waals surface area contributed by atoms with Gasteiger partial charge >= 0.3 is 0 Å². The second-order valence-electron chi connectivity index (χ2n) is 7.90. The lowest BCUT2D eigenvalue weighted by Gasteiger charge is -2.11. The molecule has 0 spiro atoms. The minimum Gasteiger partial charge on any atom is -0.331 e. The van der Waals surface area contributed by atoms with Crippen molar-refractivity contribution in [2.75, 3.05) is 19.4 Å². The van der Waals surface area contributed by atoms with Crippen molar-refractivity contribution in [3.63, 3.8) is 0 Å². The van der Waals surface area contributed by atoms with Crippen LogP contribution in [0.3, 0.4) is 0 Å². The minimum absolute atomic E-state index is 0.135. The Morgan fingerprint density at radius 2 is 1.88 bits per heavy atom. The van der Waals surface area contributed by atoms with E-state index in [2.05, 4.69) is 15.3 Å². The van der Waals surface area contributed by atoms with Gasteiger partial charge in [0.2, 0.25) is 15.9 Å². The summed E-state index contributed by atoms with van der Waals surface area (Å²) in [5.41, 5.74) is 3.72. The van der Waals surface area contributed by atoms with E-state index in [-0.39, 0.29) is 17.2 Å². The monoisotopic (exact) mass is 451 g/mol. The number of pyridine rings is 1. The summed E-state index contributed by atoms with van der Waals surface area (Å²) < 4.78 is 27.9. The molecule has 2 heterocycles. The Morgan fingerprint density at radius 3 is 2.62 bits per heavy atom. The second kappa shape index (κ2) is 8.33. The molecule has 0 aliphatic carbocycles. The first-order valence-corrected chi connectivity index (χ1v) is 11.6. The molecule has 0 radical (unpaired) electrons. The molecule has 166 valence electrons. The molecule has 0 saturated heterocycles. The van der Waals surface area contributed by atoms with Crippen LogP contribution in [-0.2, 0) is 28.3 Å². The molecule has 4 rings (SSSR count). The number of imidazole rings is 1. The van der Waals surface area contributed by atoms with Crippen molar-refractivity contribution in [3.8, 4) is 0 Å². The zero-order chi connectivity index (χ0) is 23.0. The van der Waals surface area contributed by atoms with Gasteiger partial charge in [-0.1, -0.05) is 18.2 Å². The molecule has 32 heavy (non-hydrogen) atoms. The largest absolute Gasteiger partial charge is 0.331 e. The molecule has 1 amide bonds. The number of anilines is 1. The molecule has 1 N–H and O–H groups in total. The van der Waals surface area contributed by atoms with Crippen molar-refractivity contribution >= 4 is 43.6 Å². The number of carbonyl (C=O) groups is 1. The summed E-state index contributed by atoms with van der Waals surface area (Å²) in [4.78, 5) is 22.0. The van der Waals surface area contributed by atoms with E-state index in [1.807, 2.05) is 48.9 Å². The van der Waals surface area contributed by atoms with Crippen LogP contribution in [0.2, 0.25) is 0 Å². The van der Waals surface area contributed by atoms with E-state index in [4.69, 9.17) is 0 Å². The van der Waals surface area contributed by atoms with Gasteiger partial charge in [-0.2, -0.15) is 0 Å². The first kappa shape index (κ1) is 21.9. The number of hydrogen-bond acceptors (Lipinski definition) is 5. The van der Waals surface area contributed by atoms with Gasteiger partial charge < -0.3 is 9.88 Å². The molecule has 0 aliphatic rings. The van der Waals surface area contributed by atoms with Gasteiger partial charge in [-0.15, -0.1) is 0 Å². The van der Waals surface area contributed by atoms with Gasteiger partial charge in [0.1, 0.15) is 5.82 Å². The molecular weight excluding hydrogens is 426 g/mol. The third kappa shape index (κ3) is 4.09. The van der Waals surface area contributed by atoms with Crippen LogP contribution in [-0.4, -0.2) is 47.3 Å². The number of nitrogens with zero attached hydrogens (tertiary/aromatic N) is 4. The number of nitrogens with one attached hydrogen (secondary N) is 1. The smallest absolute Gasteiger partial charge is 0.242 e. The number of carbonyl (C=O) groups excluding carboxylic acids is 1. The van der Waals surface area contributed by atoms with Gasteiger partial charge in [-0.3, -0.25) is 9.78 Å². The summed E-state index contributed by atoms with van der Waals surface area (Å²) in [6.45, 7) is 1.92. The first-order valence-electron chi connectivity index (χ1n) is 10.2. The molecular formula is C23H25N5O3S. The van der Waals surface area contributed by atoms with Crippen LogP contribution in [0.5, 0.6) is 0 Å². The van der Waals surface area contributed by atoms with Crippen LogP contribution in [0, 0.1) is 6.92 Å². The third-order valence-electron chi connectivity index (χ3n) is 5.43. The van der Waals surface area contributed by atoms with Gasteiger partial charge in [-0.05, 0) is 37.3 Å². The Morgan fingerprint density at radius 1 is 1.09 bits per heavy atom. The number of para-hydroxylation sites is 1. The molecule has 0 fully saturated rings. The lowest BCUT2D eigenvalue weighted by atomic mass is 10.1. The van der Waals surface area contributed by atoms with Crippen LogP contribution in [0.1, 0.15) is 17.9 Å². The Balaban J connectivity index is 1.52. The van der Waals surface area contributed by atoms with Crippen LogP contribution >= 0.6 is 0 Å². The fourth-order valence-corrected chi connectivity index (χ4v) is 4.53. The molecule has 2 aromatic heterocycles. The molecule has 0 atom stereocenters. The normalized spacial score (nSPS) is 12.0. The number of amides is 1. The number of benzene rings is 2. The third-order valence-corrected chi connectivity index (χ3v) is 7.24. The zero-order valence-corrected chi connectivity index (χ0v) is 19.3. The maximum atomic E-state index is 12.6. The fraction of sp³-hybridized carbons (Fsp3) is 0.261. The number of fused-ring (bicyclic) bond motifs is 2. The van der Waals surface area contributed by atoms with Crippen molar-refractivity contribution in [3.05, 3.63) is 60.0 Å². The summed E-state index contributed by atoms with van der Waals surface area (Å²) in [6, 6.07) is 14.5.